The molecule has 0 radical (unpaired) electrons. The van der Waals surface area contributed by atoms with Crippen LogP contribution in [0.3, 0.4) is 0 Å². The van der Waals surface area contributed by atoms with Gasteiger partial charge in [0.2, 0.25) is 5.91 Å². The van der Waals surface area contributed by atoms with Gasteiger partial charge in [0.1, 0.15) is 5.82 Å². The van der Waals surface area contributed by atoms with Crippen molar-refractivity contribution >= 4 is 11.6 Å². The number of nitrogens with zero attached hydrogens (tertiary/aromatic N) is 4. The first kappa shape index (κ1) is 16.5. The highest BCUT2D eigenvalue weighted by atomic mass is 16.2. The van der Waals surface area contributed by atoms with Crippen LogP contribution in [0, 0.1) is 13.8 Å². The summed E-state index contributed by atoms with van der Waals surface area (Å²) in [5, 5.41) is 6.92. The number of aryl methyl sites for hydroxylation is 3. The van der Waals surface area contributed by atoms with Crippen LogP contribution in [0.25, 0.3) is 0 Å². The molecule has 1 aliphatic heterocycles. The van der Waals surface area contributed by atoms with Crippen LogP contribution >= 0.6 is 0 Å². The summed E-state index contributed by atoms with van der Waals surface area (Å²) in [4.78, 5) is 21.2. The van der Waals surface area contributed by atoms with Crippen molar-refractivity contribution in [3.8, 4) is 0 Å². The van der Waals surface area contributed by atoms with Gasteiger partial charge in [0.25, 0.3) is 0 Å². The van der Waals surface area contributed by atoms with Gasteiger partial charge in [0, 0.05) is 44.2 Å². The number of aromatic nitrogens is 3. The number of aromatic amines is 1. The van der Waals surface area contributed by atoms with Gasteiger partial charge >= 0.3 is 0 Å². The number of H-pyrrole nitrogens is 1. The van der Waals surface area contributed by atoms with Gasteiger partial charge in [-0.1, -0.05) is 18.2 Å². The summed E-state index contributed by atoms with van der Waals surface area (Å²) in [6, 6.07) is 8.64. The molecule has 128 valence electrons. The Morgan fingerprint density at radius 3 is 2.75 bits per heavy atom. The Bertz CT molecular complexity index is 711. The number of anilines is 1. The fourth-order valence-electron chi connectivity index (χ4n) is 3.33. The summed E-state index contributed by atoms with van der Waals surface area (Å²) in [6.45, 7) is 8.64. The third kappa shape index (κ3) is 3.58. The number of hydrogen-bond acceptors (Lipinski definition) is 4. The molecule has 1 atom stereocenters. The first-order chi connectivity index (χ1) is 11.5. The molecule has 3 rings (SSSR count). The van der Waals surface area contributed by atoms with Crippen molar-refractivity contribution in [3.63, 3.8) is 0 Å². The second-order valence-electron chi connectivity index (χ2n) is 6.51. The summed E-state index contributed by atoms with van der Waals surface area (Å²) < 4.78 is 0. The molecule has 0 aliphatic carbocycles. The normalized spacial score (nSPS) is 18.0. The van der Waals surface area contributed by atoms with Gasteiger partial charge in [-0.3, -0.25) is 9.89 Å². The minimum atomic E-state index is 0.189. The average Bonchev–Trinajstić information content (AvgIpc) is 2.98. The highest BCUT2D eigenvalue weighted by Crippen LogP contribution is 2.23. The third-order valence-electron chi connectivity index (χ3n) is 4.61. The molecule has 2 aromatic rings. The van der Waals surface area contributed by atoms with Crippen LogP contribution in [0.5, 0.6) is 0 Å². The maximum atomic E-state index is 12.5. The van der Waals surface area contributed by atoms with E-state index in [0.717, 1.165) is 25.5 Å². The molecule has 0 spiro atoms. The second-order valence-corrected chi connectivity index (χ2v) is 6.51. The van der Waals surface area contributed by atoms with E-state index in [-0.39, 0.29) is 11.9 Å². The molecule has 6 heteroatoms. The van der Waals surface area contributed by atoms with Crippen molar-refractivity contribution in [1.29, 1.82) is 0 Å². The molecular formula is C18H25N5O. The van der Waals surface area contributed by atoms with Crippen molar-refractivity contribution in [2.24, 2.45) is 0 Å². The van der Waals surface area contributed by atoms with Crippen LogP contribution in [-0.2, 0) is 11.2 Å². The molecule has 1 amide bonds. The van der Waals surface area contributed by atoms with Gasteiger partial charge in [0.15, 0.2) is 5.82 Å². The largest absolute Gasteiger partial charge is 0.367 e. The Kier molecular flexibility index (Phi) is 4.83. The Morgan fingerprint density at radius 2 is 2.08 bits per heavy atom. The molecular weight excluding hydrogens is 302 g/mol. The number of piperazine rings is 1. The topological polar surface area (TPSA) is 65.1 Å². The van der Waals surface area contributed by atoms with E-state index in [2.05, 4.69) is 58.2 Å². The van der Waals surface area contributed by atoms with Crippen LogP contribution in [0.2, 0.25) is 0 Å². The molecule has 1 unspecified atom stereocenters. The lowest BCUT2D eigenvalue weighted by Gasteiger charge is -2.41. The summed E-state index contributed by atoms with van der Waals surface area (Å²) in [6.07, 6.45) is 1.06. The van der Waals surface area contributed by atoms with E-state index in [1.165, 1.54) is 11.3 Å². The minimum absolute atomic E-state index is 0.189. The van der Waals surface area contributed by atoms with Gasteiger partial charge < -0.3 is 9.80 Å². The van der Waals surface area contributed by atoms with Crippen LogP contribution in [-0.4, -0.2) is 51.7 Å². The Hall–Kier alpha value is -2.37. The molecule has 0 saturated carbocycles. The number of carbonyl (C=O) groups excluding carboxylic acids is 1. The van der Waals surface area contributed by atoms with Gasteiger partial charge in [-0.25, -0.2) is 4.98 Å². The summed E-state index contributed by atoms with van der Waals surface area (Å²) in [5.74, 6) is 1.69. The zero-order chi connectivity index (χ0) is 17.1. The molecule has 24 heavy (non-hydrogen) atoms. The zero-order valence-corrected chi connectivity index (χ0v) is 14.6. The monoisotopic (exact) mass is 327 g/mol. The van der Waals surface area contributed by atoms with Crippen LogP contribution in [0.4, 0.5) is 5.69 Å². The number of rotatable bonds is 4. The maximum Gasteiger partial charge on any atom is 0.223 e. The molecule has 2 heterocycles. The van der Waals surface area contributed by atoms with E-state index in [4.69, 9.17) is 0 Å². The molecule has 6 nitrogen and oxygen atoms in total. The summed E-state index contributed by atoms with van der Waals surface area (Å²) in [5.41, 5.74) is 2.55. The Labute approximate surface area is 142 Å². The number of benzene rings is 1. The first-order valence-electron chi connectivity index (χ1n) is 8.52. The highest BCUT2D eigenvalue weighted by molar-refractivity contribution is 5.77. The lowest BCUT2D eigenvalue weighted by Crippen LogP contribution is -2.54. The van der Waals surface area contributed by atoms with E-state index in [0.29, 0.717) is 18.7 Å². The molecule has 1 N–H and O–H groups in total. The SMILES string of the molecule is Cc1nc(CCC(=O)N2CCN(c3ccccc3C)CC2C)n[nH]1. The molecule has 1 aromatic heterocycles. The Morgan fingerprint density at radius 1 is 1.29 bits per heavy atom. The van der Waals surface area contributed by atoms with Gasteiger partial charge in [-0.2, -0.15) is 5.10 Å². The molecule has 1 aliphatic rings. The fraction of sp³-hybridized carbons (Fsp3) is 0.500. The second kappa shape index (κ2) is 7.03. The van der Waals surface area contributed by atoms with Crippen LogP contribution in [0.1, 0.15) is 30.6 Å². The standard InChI is InChI=1S/C18H25N5O/c1-13-6-4-5-7-16(13)22-10-11-23(14(2)12-22)18(24)9-8-17-19-15(3)20-21-17/h4-7,14H,8-12H2,1-3H3,(H,19,20,21). The lowest BCUT2D eigenvalue weighted by molar-refractivity contribution is -0.133. The van der Waals surface area contributed by atoms with Crippen molar-refractivity contribution in [3.05, 3.63) is 41.5 Å². The number of nitrogens with one attached hydrogen (secondary N) is 1. The minimum Gasteiger partial charge on any atom is -0.367 e. The fourth-order valence-corrected chi connectivity index (χ4v) is 3.33. The lowest BCUT2D eigenvalue weighted by atomic mass is 10.1. The van der Waals surface area contributed by atoms with Gasteiger partial charge in [0.05, 0.1) is 0 Å². The molecule has 0 bridgehead atoms. The molecule has 1 aromatic carbocycles. The zero-order valence-electron chi connectivity index (χ0n) is 14.6. The first-order valence-corrected chi connectivity index (χ1v) is 8.52. The van der Waals surface area contributed by atoms with E-state index >= 15 is 0 Å². The number of carbonyl (C=O) groups is 1. The van der Waals surface area contributed by atoms with Crippen molar-refractivity contribution < 1.29 is 4.79 Å². The highest BCUT2D eigenvalue weighted by Gasteiger charge is 2.27. The van der Waals surface area contributed by atoms with Crippen molar-refractivity contribution in [2.45, 2.75) is 39.7 Å². The summed E-state index contributed by atoms with van der Waals surface area (Å²) >= 11 is 0. The third-order valence-corrected chi connectivity index (χ3v) is 4.61. The van der Waals surface area contributed by atoms with E-state index in [1.54, 1.807) is 0 Å². The smallest absolute Gasteiger partial charge is 0.223 e. The van der Waals surface area contributed by atoms with Gasteiger partial charge in [-0.15, -0.1) is 0 Å². The van der Waals surface area contributed by atoms with E-state index in [9.17, 15) is 4.79 Å². The molecule has 1 saturated heterocycles. The average molecular weight is 327 g/mol. The quantitative estimate of drug-likeness (QED) is 0.934. The van der Waals surface area contributed by atoms with Crippen molar-refractivity contribution in [2.75, 3.05) is 24.5 Å². The van der Waals surface area contributed by atoms with E-state index < -0.39 is 0 Å². The number of amides is 1. The van der Waals surface area contributed by atoms with Crippen molar-refractivity contribution in [1.82, 2.24) is 20.1 Å². The predicted octanol–water partition coefficient (Wildman–Crippen LogP) is 2.09. The Balaban J connectivity index is 1.57. The summed E-state index contributed by atoms with van der Waals surface area (Å²) in [7, 11) is 0. The maximum absolute atomic E-state index is 12.5. The van der Waals surface area contributed by atoms with Crippen LogP contribution in [0.15, 0.2) is 24.3 Å². The predicted molar refractivity (Wildman–Crippen MR) is 94.0 cm³/mol. The number of para-hydroxylation sites is 1. The van der Waals surface area contributed by atoms with Gasteiger partial charge in [-0.05, 0) is 32.4 Å². The molecule has 1 fully saturated rings. The van der Waals surface area contributed by atoms with E-state index in [1.807, 2.05) is 11.8 Å². The van der Waals surface area contributed by atoms with Crippen LogP contribution < -0.4 is 4.90 Å². The number of hydrogen-bond donors (Lipinski definition) is 1.